The van der Waals surface area contributed by atoms with E-state index in [1.54, 1.807) is 0 Å². The molecular formula is C14H26N6. The number of nitrogen functional groups attached to an aromatic ring is 1. The van der Waals surface area contributed by atoms with Gasteiger partial charge in [0.15, 0.2) is 0 Å². The summed E-state index contributed by atoms with van der Waals surface area (Å²) < 4.78 is 0. The molecule has 0 bridgehead atoms. The number of nitrogens with zero attached hydrogens (tertiary/aromatic N) is 3. The molecule has 0 unspecified atom stereocenters. The molecule has 0 amide bonds. The second kappa shape index (κ2) is 6.85. The van der Waals surface area contributed by atoms with Gasteiger partial charge in [-0.15, -0.1) is 0 Å². The predicted octanol–water partition coefficient (Wildman–Crippen LogP) is 1.39. The fraction of sp³-hybridized carbons (Fsp3) is 0.714. The van der Waals surface area contributed by atoms with E-state index in [1.165, 1.54) is 25.9 Å². The van der Waals surface area contributed by atoms with Crippen molar-refractivity contribution in [2.45, 2.75) is 33.1 Å². The number of aryl methyl sites for hydroxylation is 1. The Labute approximate surface area is 121 Å². The fourth-order valence-corrected chi connectivity index (χ4v) is 2.54. The lowest BCUT2D eigenvalue weighted by molar-refractivity contribution is 0.226. The molecule has 0 spiro atoms. The van der Waals surface area contributed by atoms with Crippen LogP contribution in [-0.2, 0) is 6.42 Å². The van der Waals surface area contributed by atoms with Gasteiger partial charge in [-0.3, -0.25) is 0 Å². The summed E-state index contributed by atoms with van der Waals surface area (Å²) in [6, 6.07) is 0. The van der Waals surface area contributed by atoms with E-state index in [0.717, 1.165) is 36.1 Å². The molecule has 20 heavy (non-hydrogen) atoms. The van der Waals surface area contributed by atoms with E-state index in [9.17, 15) is 0 Å². The molecule has 2 heterocycles. The molecule has 1 aromatic rings. The monoisotopic (exact) mass is 278 g/mol. The third-order valence-electron chi connectivity index (χ3n) is 4.04. The van der Waals surface area contributed by atoms with Crippen LogP contribution in [0.4, 0.5) is 11.6 Å². The molecule has 112 valence electrons. The predicted molar refractivity (Wildman–Crippen MR) is 82.7 cm³/mol. The van der Waals surface area contributed by atoms with Gasteiger partial charge in [-0.25, -0.2) is 15.8 Å². The Kier molecular flexibility index (Phi) is 5.14. The number of nitrogens with one attached hydrogen (secondary N) is 2. The highest BCUT2D eigenvalue weighted by atomic mass is 15.3. The molecule has 2 rings (SSSR count). The molecule has 1 aromatic heterocycles. The first kappa shape index (κ1) is 15.0. The van der Waals surface area contributed by atoms with E-state index in [-0.39, 0.29) is 0 Å². The minimum Gasteiger partial charge on any atom is -0.369 e. The van der Waals surface area contributed by atoms with Crippen LogP contribution in [0.1, 0.15) is 31.2 Å². The van der Waals surface area contributed by atoms with Gasteiger partial charge in [0.2, 0.25) is 0 Å². The Morgan fingerprint density at radius 3 is 2.50 bits per heavy atom. The van der Waals surface area contributed by atoms with Crippen molar-refractivity contribution < 1.29 is 0 Å². The number of rotatable bonds is 5. The van der Waals surface area contributed by atoms with Crippen LogP contribution in [-0.4, -0.2) is 41.5 Å². The topological polar surface area (TPSA) is 79.1 Å². The standard InChI is InChI=1S/C14H26N6/c1-4-12-17-13(10(2)14(18-12)19-15)16-9-11-5-7-20(3)8-6-11/h11H,4-9,15H2,1-3H3,(H2,16,17,18,19). The second-order valence-electron chi connectivity index (χ2n) is 5.59. The van der Waals surface area contributed by atoms with Gasteiger partial charge in [0.25, 0.3) is 0 Å². The van der Waals surface area contributed by atoms with Gasteiger partial charge in [0.1, 0.15) is 17.5 Å². The Hall–Kier alpha value is -1.40. The summed E-state index contributed by atoms with van der Waals surface area (Å²) in [5, 5.41) is 3.48. The first-order valence-corrected chi connectivity index (χ1v) is 7.40. The molecule has 0 atom stereocenters. The average Bonchev–Trinajstić information content (AvgIpc) is 2.48. The van der Waals surface area contributed by atoms with E-state index in [1.807, 2.05) is 13.8 Å². The number of hydrazine groups is 1. The molecule has 1 fully saturated rings. The maximum atomic E-state index is 5.52. The number of piperidine rings is 1. The lowest BCUT2D eigenvalue weighted by Gasteiger charge is -2.29. The van der Waals surface area contributed by atoms with Gasteiger partial charge in [-0.2, -0.15) is 0 Å². The third-order valence-corrected chi connectivity index (χ3v) is 4.04. The number of anilines is 2. The van der Waals surface area contributed by atoms with Crippen molar-refractivity contribution >= 4 is 11.6 Å². The fourth-order valence-electron chi connectivity index (χ4n) is 2.54. The highest BCUT2D eigenvalue weighted by Crippen LogP contribution is 2.21. The smallest absolute Gasteiger partial charge is 0.148 e. The molecule has 0 radical (unpaired) electrons. The highest BCUT2D eigenvalue weighted by molar-refractivity contribution is 5.56. The molecular weight excluding hydrogens is 252 g/mol. The van der Waals surface area contributed by atoms with E-state index in [0.29, 0.717) is 5.82 Å². The van der Waals surface area contributed by atoms with Gasteiger partial charge in [0.05, 0.1) is 0 Å². The van der Waals surface area contributed by atoms with Crippen molar-refractivity contribution in [3.05, 3.63) is 11.4 Å². The molecule has 1 aliphatic rings. The maximum absolute atomic E-state index is 5.52. The van der Waals surface area contributed by atoms with Crippen LogP contribution in [0.2, 0.25) is 0 Å². The molecule has 4 N–H and O–H groups in total. The van der Waals surface area contributed by atoms with Gasteiger partial charge in [-0.05, 0) is 45.8 Å². The molecule has 1 saturated heterocycles. The van der Waals surface area contributed by atoms with E-state index < -0.39 is 0 Å². The molecule has 0 saturated carbocycles. The zero-order valence-corrected chi connectivity index (χ0v) is 12.7. The molecule has 6 heteroatoms. The third kappa shape index (κ3) is 3.58. The van der Waals surface area contributed by atoms with Crippen LogP contribution in [0.25, 0.3) is 0 Å². The van der Waals surface area contributed by atoms with Crippen LogP contribution in [0.5, 0.6) is 0 Å². The zero-order valence-electron chi connectivity index (χ0n) is 12.7. The van der Waals surface area contributed by atoms with E-state index >= 15 is 0 Å². The molecule has 0 aliphatic carbocycles. The summed E-state index contributed by atoms with van der Waals surface area (Å²) in [5.74, 6) is 8.68. The molecule has 6 nitrogen and oxygen atoms in total. The van der Waals surface area contributed by atoms with Crippen LogP contribution >= 0.6 is 0 Å². The largest absolute Gasteiger partial charge is 0.369 e. The lowest BCUT2D eigenvalue weighted by Crippen LogP contribution is -2.33. The number of hydrogen-bond donors (Lipinski definition) is 3. The summed E-state index contributed by atoms with van der Waals surface area (Å²) in [6.07, 6.45) is 3.30. The Morgan fingerprint density at radius 2 is 1.90 bits per heavy atom. The summed E-state index contributed by atoms with van der Waals surface area (Å²) in [7, 11) is 2.19. The average molecular weight is 278 g/mol. The van der Waals surface area contributed by atoms with Gasteiger partial charge < -0.3 is 15.6 Å². The summed E-state index contributed by atoms with van der Waals surface area (Å²) in [4.78, 5) is 11.3. The minimum atomic E-state index is 0.711. The van der Waals surface area contributed by atoms with Crippen molar-refractivity contribution in [2.75, 3.05) is 37.4 Å². The van der Waals surface area contributed by atoms with Crippen LogP contribution < -0.4 is 16.6 Å². The summed E-state index contributed by atoms with van der Waals surface area (Å²) in [6.45, 7) is 7.38. The van der Waals surface area contributed by atoms with Crippen LogP contribution in [0.15, 0.2) is 0 Å². The quantitative estimate of drug-likeness (QED) is 0.558. The maximum Gasteiger partial charge on any atom is 0.148 e. The van der Waals surface area contributed by atoms with Gasteiger partial charge in [-0.1, -0.05) is 6.92 Å². The number of aromatic nitrogens is 2. The van der Waals surface area contributed by atoms with Crippen molar-refractivity contribution in [3.63, 3.8) is 0 Å². The van der Waals surface area contributed by atoms with Crippen molar-refractivity contribution in [1.29, 1.82) is 0 Å². The van der Waals surface area contributed by atoms with Gasteiger partial charge >= 0.3 is 0 Å². The highest BCUT2D eigenvalue weighted by Gasteiger charge is 2.17. The number of hydrogen-bond acceptors (Lipinski definition) is 6. The molecule has 0 aromatic carbocycles. The zero-order chi connectivity index (χ0) is 14.5. The SMILES string of the molecule is CCc1nc(NN)c(C)c(NCC2CCN(C)CC2)n1. The van der Waals surface area contributed by atoms with E-state index in [4.69, 9.17) is 5.84 Å². The first-order chi connectivity index (χ1) is 9.63. The second-order valence-corrected chi connectivity index (χ2v) is 5.59. The Morgan fingerprint density at radius 1 is 1.25 bits per heavy atom. The summed E-state index contributed by atoms with van der Waals surface area (Å²) >= 11 is 0. The summed E-state index contributed by atoms with van der Waals surface area (Å²) in [5.41, 5.74) is 3.64. The number of likely N-dealkylation sites (tertiary alicyclic amines) is 1. The van der Waals surface area contributed by atoms with Crippen molar-refractivity contribution in [2.24, 2.45) is 11.8 Å². The first-order valence-electron chi connectivity index (χ1n) is 7.40. The number of nitrogens with two attached hydrogens (primary N) is 1. The van der Waals surface area contributed by atoms with Gasteiger partial charge in [0, 0.05) is 18.5 Å². The van der Waals surface area contributed by atoms with Crippen LogP contribution in [0.3, 0.4) is 0 Å². The van der Waals surface area contributed by atoms with Crippen molar-refractivity contribution in [1.82, 2.24) is 14.9 Å². The Bertz CT molecular complexity index is 440. The Balaban J connectivity index is 2.01. The lowest BCUT2D eigenvalue weighted by atomic mass is 9.97. The van der Waals surface area contributed by atoms with Crippen molar-refractivity contribution in [3.8, 4) is 0 Å². The normalized spacial score (nSPS) is 17.2. The van der Waals surface area contributed by atoms with E-state index in [2.05, 4.69) is 32.7 Å². The van der Waals surface area contributed by atoms with Crippen LogP contribution in [0, 0.1) is 12.8 Å². The molecule has 1 aliphatic heterocycles. The minimum absolute atomic E-state index is 0.711.